The molecule has 4 heterocycles. The summed E-state index contributed by atoms with van der Waals surface area (Å²) in [6.45, 7) is 15.4. The summed E-state index contributed by atoms with van der Waals surface area (Å²) in [6.07, 6.45) is 13.4. The Morgan fingerprint density at radius 3 is 2.23 bits per heavy atom. The molecule has 0 spiro atoms. The molecule has 0 aromatic heterocycles. The average Bonchev–Trinajstić information content (AvgIpc) is 3.46. The third-order valence-corrected chi connectivity index (χ3v) is 17.2. The molecule has 4 fully saturated rings. The highest BCUT2D eigenvalue weighted by molar-refractivity contribution is 6.61. The van der Waals surface area contributed by atoms with E-state index >= 15 is 0 Å². The molecule has 1 N–H and O–H groups in total. The van der Waals surface area contributed by atoms with Crippen LogP contribution in [0.5, 0.6) is 0 Å². The molecule has 4 bridgehead atoms. The van der Waals surface area contributed by atoms with E-state index in [0.29, 0.717) is 70.6 Å². The van der Waals surface area contributed by atoms with Gasteiger partial charge in [-0.15, -0.1) is 0 Å². The highest BCUT2D eigenvalue weighted by Crippen LogP contribution is 2.39. The summed E-state index contributed by atoms with van der Waals surface area (Å²) in [5.74, 6) is -8.06. The number of nitrogens with zero attached hydrogens (tertiary/aromatic N) is 1. The van der Waals surface area contributed by atoms with E-state index in [2.05, 4.69) is 13.0 Å². The fourth-order valence-electron chi connectivity index (χ4n) is 12.0. The maximum absolute atomic E-state index is 14.4. The van der Waals surface area contributed by atoms with Crippen molar-refractivity contribution in [1.82, 2.24) is 4.90 Å². The van der Waals surface area contributed by atoms with Gasteiger partial charge >= 0.3 is 19.1 Å². The lowest BCUT2D eigenvalue weighted by Crippen LogP contribution is -2.59. The molecule has 4 aliphatic heterocycles. The van der Waals surface area contributed by atoms with Crippen molar-refractivity contribution >= 4 is 47.8 Å². The van der Waals surface area contributed by atoms with Gasteiger partial charge in [0.05, 0.1) is 24.2 Å². The van der Waals surface area contributed by atoms with Gasteiger partial charge in [0.2, 0.25) is 5.79 Å². The number of allylic oxidation sites excluding steroid dienone is 6. The van der Waals surface area contributed by atoms with Crippen molar-refractivity contribution in [2.24, 2.45) is 46.8 Å². The van der Waals surface area contributed by atoms with Crippen molar-refractivity contribution in [1.29, 1.82) is 0 Å². The van der Waals surface area contributed by atoms with Crippen LogP contribution < -0.4 is 5.46 Å². The predicted octanol–water partition coefficient (Wildman–Crippen LogP) is 8.07. The monoisotopic (exact) mass is 1100 g/mol. The summed E-state index contributed by atoms with van der Waals surface area (Å²) in [5, 5.41) is 11.9. The van der Waals surface area contributed by atoms with Gasteiger partial charge in [-0.25, -0.2) is 0 Å². The first kappa shape index (κ1) is 63.6. The largest absolute Gasteiger partial charge is 0.493 e. The van der Waals surface area contributed by atoms with E-state index in [4.69, 9.17) is 37.7 Å². The summed E-state index contributed by atoms with van der Waals surface area (Å²) in [7, 11) is 4.15. The number of hydrogen-bond acceptors (Lipinski definition) is 15. The first-order chi connectivity index (χ1) is 37.6. The number of methoxy groups -OCH3 is 3. The Morgan fingerprint density at radius 2 is 1.54 bits per heavy atom. The summed E-state index contributed by atoms with van der Waals surface area (Å²) in [6, 6.07) is 9.56. The van der Waals surface area contributed by atoms with Crippen LogP contribution in [0.25, 0.3) is 0 Å². The van der Waals surface area contributed by atoms with Gasteiger partial charge in [-0.1, -0.05) is 107 Å². The van der Waals surface area contributed by atoms with Crippen molar-refractivity contribution in [2.45, 2.75) is 175 Å². The van der Waals surface area contributed by atoms with Gasteiger partial charge in [0.15, 0.2) is 5.78 Å². The minimum absolute atomic E-state index is 0.0142. The number of carbonyl (C=O) groups excluding carboxylic acids is 6. The van der Waals surface area contributed by atoms with Gasteiger partial charge < -0.3 is 47.7 Å². The zero-order chi connectivity index (χ0) is 57.6. The molecule has 1 unspecified atom stereocenters. The number of ether oxygens (including phenoxy) is 6. The Morgan fingerprint density at radius 1 is 0.835 bits per heavy atom. The number of amides is 1. The SMILES string of the molecule is CO[C@H]1C[C@@H]2CC[C@@H](C)[C@@](O)(O2)C(=O)C(=O)N2CCCC(C2)C(=O)O[C@H]([C@H](C)C[C@@H]2CC[C@@H](OC(=O)C3(C)COB(c4ccccc4)OC3)[C@H](OC)C2)CC(=O)[C@H](C)/C=C(\C)C[C@@H](OC)C(=O)[C@H](C)C[C@H](C)/C=C/C=C/C=C1C. The van der Waals surface area contributed by atoms with Crippen LogP contribution in [0.15, 0.2) is 77.9 Å². The van der Waals surface area contributed by atoms with Gasteiger partial charge in [-0.3, -0.25) is 28.8 Å². The molecule has 0 radical (unpaired) electrons. The Hall–Kier alpha value is -4.62. The highest BCUT2D eigenvalue weighted by Gasteiger charge is 2.52. The van der Waals surface area contributed by atoms with E-state index in [1.807, 2.05) is 88.4 Å². The molecule has 1 amide bonds. The molecule has 1 aromatic rings. The van der Waals surface area contributed by atoms with Crippen molar-refractivity contribution < 1.29 is 71.6 Å². The summed E-state index contributed by atoms with van der Waals surface area (Å²) in [4.78, 5) is 85.9. The van der Waals surface area contributed by atoms with E-state index in [-0.39, 0.29) is 68.0 Å². The zero-order valence-electron chi connectivity index (χ0n) is 48.9. The molecule has 6 rings (SSSR count). The first-order valence-corrected chi connectivity index (χ1v) is 28.9. The van der Waals surface area contributed by atoms with Gasteiger partial charge in [-0.2, -0.15) is 0 Å². The Labute approximate surface area is 469 Å². The molecule has 17 heteroatoms. The van der Waals surface area contributed by atoms with Crippen molar-refractivity contribution in [3.05, 3.63) is 77.9 Å². The number of benzene rings is 1. The third-order valence-electron chi connectivity index (χ3n) is 17.2. The van der Waals surface area contributed by atoms with Gasteiger partial charge in [0.25, 0.3) is 11.7 Å². The van der Waals surface area contributed by atoms with Gasteiger partial charge in [-0.05, 0) is 107 Å². The van der Waals surface area contributed by atoms with Crippen LogP contribution in [-0.2, 0) is 66.5 Å². The predicted molar refractivity (Wildman–Crippen MR) is 299 cm³/mol. The summed E-state index contributed by atoms with van der Waals surface area (Å²) >= 11 is 0. The van der Waals surface area contributed by atoms with Gasteiger partial charge in [0.1, 0.15) is 29.5 Å². The van der Waals surface area contributed by atoms with Crippen LogP contribution >= 0.6 is 0 Å². The van der Waals surface area contributed by atoms with Crippen LogP contribution in [0.2, 0.25) is 0 Å². The molecule has 79 heavy (non-hydrogen) atoms. The van der Waals surface area contributed by atoms with E-state index < -0.39 is 96.3 Å². The molecule has 1 aromatic carbocycles. The quantitative estimate of drug-likeness (QED) is 0.108. The topological polar surface area (TPSA) is 200 Å². The fourth-order valence-corrected chi connectivity index (χ4v) is 12.0. The van der Waals surface area contributed by atoms with Crippen LogP contribution in [0, 0.1) is 46.8 Å². The van der Waals surface area contributed by atoms with Crippen molar-refractivity contribution in [3.63, 3.8) is 0 Å². The molecule has 1 aliphatic carbocycles. The lowest BCUT2D eigenvalue weighted by molar-refractivity contribution is -0.265. The highest BCUT2D eigenvalue weighted by atomic mass is 16.6. The molecule has 436 valence electrons. The van der Waals surface area contributed by atoms with E-state index in [0.717, 1.165) is 16.6 Å². The van der Waals surface area contributed by atoms with Crippen LogP contribution in [0.4, 0.5) is 0 Å². The van der Waals surface area contributed by atoms with Gasteiger partial charge in [0, 0.05) is 84.6 Å². The average molecular weight is 1100 g/mol. The number of aliphatic hydroxyl groups is 1. The lowest BCUT2D eigenvalue weighted by atomic mass is 9.75. The van der Waals surface area contributed by atoms with E-state index in [1.165, 1.54) is 12.0 Å². The summed E-state index contributed by atoms with van der Waals surface area (Å²) < 4.78 is 48.3. The van der Waals surface area contributed by atoms with Crippen molar-refractivity contribution in [3.8, 4) is 0 Å². The van der Waals surface area contributed by atoms with Crippen LogP contribution in [0.1, 0.15) is 132 Å². The standard InChI is InChI=1S/C62H90BNO15/c1-39-19-14-12-15-20-41(3)52(72-9)34-49-26-24-45(7)62(71,79-49)57(67)58(68)64-28-18-21-47(36-64)59(69)77-53(35-50(65)42(4)30-40(2)31-55(74-11)56(66)44(6)29-39)43(5)32-46-25-27-51(54(33-46)73-10)78-60(70)61(8)37-75-63(76-38-61)48-22-16-13-17-23-48/h12-17,19-20,22-23,30,39,42-47,49,51-55,71H,18,21,24-29,31-38H2,1-11H3/b15-12+,19-14+,40-30+,41-20?/t39-,42-,43-,44-,45-,46+,47?,49+,51-,52+,53+,54-,55-,62-/m1/s1. The minimum Gasteiger partial charge on any atom is -0.461 e. The number of piperidine rings is 1. The van der Waals surface area contributed by atoms with Crippen molar-refractivity contribution in [2.75, 3.05) is 47.6 Å². The summed E-state index contributed by atoms with van der Waals surface area (Å²) in [5.41, 5.74) is 1.58. The number of cyclic esters (lactones) is 1. The molecule has 5 aliphatic rings. The fraction of sp³-hybridized carbons (Fsp3) is 0.677. The van der Waals surface area contributed by atoms with Crippen LogP contribution in [-0.4, -0.2) is 142 Å². The molecular weight excluding hydrogens is 1010 g/mol. The maximum Gasteiger partial charge on any atom is 0.493 e. The Balaban J connectivity index is 1.19. The number of fused-ring (bicyclic) bond motifs is 4. The number of carbonyl (C=O) groups is 6. The smallest absolute Gasteiger partial charge is 0.461 e. The number of Topliss-reactive ketones (excluding diaryl/α,β-unsaturated/α-hetero) is 3. The number of ketones is 3. The maximum atomic E-state index is 14.4. The normalized spacial score (nSPS) is 35.5. The third kappa shape index (κ3) is 17.0. The molecule has 14 atom stereocenters. The Kier molecular flexibility index (Phi) is 23.6. The van der Waals surface area contributed by atoms with E-state index in [1.54, 1.807) is 35.0 Å². The molecule has 3 saturated heterocycles. The second kappa shape index (κ2) is 29.4. The molecule has 1 saturated carbocycles. The second-order valence-corrected chi connectivity index (χ2v) is 23.9. The number of rotatable bonds is 9. The first-order valence-electron chi connectivity index (χ1n) is 28.9. The Bertz CT molecular complexity index is 2360. The van der Waals surface area contributed by atoms with Crippen LogP contribution in [0.3, 0.4) is 0 Å². The number of hydrogen-bond donors (Lipinski definition) is 1. The molecule has 16 nitrogen and oxygen atoms in total. The zero-order valence-corrected chi connectivity index (χ0v) is 48.9. The molecular formula is C62H90BNO15. The lowest BCUT2D eigenvalue weighted by Gasteiger charge is -2.42. The van der Waals surface area contributed by atoms with E-state index in [9.17, 15) is 33.9 Å². The number of esters is 2. The minimum atomic E-state index is -2.38. The second-order valence-electron chi connectivity index (χ2n) is 23.9.